The van der Waals surface area contributed by atoms with Crippen molar-refractivity contribution in [2.45, 2.75) is 392 Å². The lowest BCUT2D eigenvalue weighted by Crippen LogP contribution is -2.45. The first-order chi connectivity index (χ1) is 35.0. The minimum absolute atomic E-state index is 0.0180. The third-order valence-electron chi connectivity index (χ3n) is 15.7. The monoisotopic (exact) mass is 1000 g/mol. The van der Waals surface area contributed by atoms with Gasteiger partial charge in [-0.2, -0.15) is 0 Å². The number of rotatable bonds is 62. The Balaban J connectivity index is 3.34. The SMILES string of the molecule is CCCCCCCCCCCCCCCCCCCCCC(=O)OCCCCCCCCCCCCCCCCCCCCCCCC(=O)NC(CO)C(O)CCCCCCCCCCCCCCCC. The fraction of sp³-hybridized carbons (Fsp3) is 0.969. The molecule has 0 aliphatic heterocycles. The number of nitrogens with one attached hydrogen (secondary N) is 1. The van der Waals surface area contributed by atoms with Gasteiger partial charge in [0.05, 0.1) is 25.4 Å². The lowest BCUT2D eigenvalue weighted by atomic mass is 10.0. The number of hydrogen-bond donors (Lipinski definition) is 3. The Morgan fingerprint density at radius 3 is 0.859 bits per heavy atom. The molecule has 424 valence electrons. The van der Waals surface area contributed by atoms with Gasteiger partial charge in [-0.1, -0.05) is 341 Å². The van der Waals surface area contributed by atoms with E-state index in [1.54, 1.807) is 0 Å². The number of unbranched alkanes of at least 4 members (excludes halogenated alkanes) is 51. The lowest BCUT2D eigenvalue weighted by Gasteiger charge is -2.22. The molecule has 2 unspecified atom stereocenters. The zero-order chi connectivity index (χ0) is 51.4. The molecule has 0 bridgehead atoms. The minimum atomic E-state index is -0.663. The Hall–Kier alpha value is -1.14. The fourth-order valence-corrected chi connectivity index (χ4v) is 10.6. The van der Waals surface area contributed by atoms with Gasteiger partial charge in [0.25, 0.3) is 0 Å². The van der Waals surface area contributed by atoms with Gasteiger partial charge in [-0.3, -0.25) is 9.59 Å². The summed E-state index contributed by atoms with van der Waals surface area (Å²) in [6.45, 7) is 4.99. The van der Waals surface area contributed by atoms with Gasteiger partial charge in [0.15, 0.2) is 0 Å². The van der Waals surface area contributed by atoms with Crippen molar-refractivity contribution in [1.82, 2.24) is 5.32 Å². The van der Waals surface area contributed by atoms with Crippen molar-refractivity contribution in [3.63, 3.8) is 0 Å². The highest BCUT2D eigenvalue weighted by atomic mass is 16.5. The van der Waals surface area contributed by atoms with Gasteiger partial charge in [-0.05, 0) is 25.7 Å². The van der Waals surface area contributed by atoms with Crippen molar-refractivity contribution in [3.8, 4) is 0 Å². The van der Waals surface area contributed by atoms with Crippen LogP contribution >= 0.6 is 0 Å². The molecule has 0 aromatic rings. The summed E-state index contributed by atoms with van der Waals surface area (Å²) < 4.78 is 5.51. The molecule has 2 atom stereocenters. The van der Waals surface area contributed by atoms with Gasteiger partial charge in [-0.25, -0.2) is 0 Å². The van der Waals surface area contributed by atoms with E-state index in [0.717, 1.165) is 38.5 Å². The van der Waals surface area contributed by atoms with E-state index in [1.807, 2.05) is 0 Å². The van der Waals surface area contributed by atoms with E-state index in [4.69, 9.17) is 4.74 Å². The van der Waals surface area contributed by atoms with Crippen LogP contribution < -0.4 is 5.32 Å². The molecule has 1 amide bonds. The zero-order valence-electron chi connectivity index (χ0n) is 48.5. The normalized spacial score (nSPS) is 12.5. The van der Waals surface area contributed by atoms with Crippen LogP contribution in [0.2, 0.25) is 0 Å². The van der Waals surface area contributed by atoms with Gasteiger partial charge >= 0.3 is 5.97 Å². The summed E-state index contributed by atoms with van der Waals surface area (Å²) in [6, 6.07) is -0.540. The maximum atomic E-state index is 12.5. The van der Waals surface area contributed by atoms with Crippen LogP contribution in [0.1, 0.15) is 380 Å². The molecule has 0 rings (SSSR count). The lowest BCUT2D eigenvalue weighted by molar-refractivity contribution is -0.143. The molecular formula is C65H129NO5. The smallest absolute Gasteiger partial charge is 0.305 e. The molecule has 0 fully saturated rings. The number of aliphatic hydroxyl groups is 2. The van der Waals surface area contributed by atoms with Crippen LogP contribution in [-0.4, -0.2) is 47.4 Å². The molecule has 0 saturated heterocycles. The van der Waals surface area contributed by atoms with E-state index in [9.17, 15) is 19.8 Å². The number of carbonyl (C=O) groups is 2. The van der Waals surface area contributed by atoms with Crippen LogP contribution in [0, 0.1) is 0 Å². The quantitative estimate of drug-likeness (QED) is 0.0417. The average Bonchev–Trinajstić information content (AvgIpc) is 3.37. The molecule has 0 aliphatic carbocycles. The van der Waals surface area contributed by atoms with E-state index in [2.05, 4.69) is 19.2 Å². The zero-order valence-corrected chi connectivity index (χ0v) is 48.5. The second kappa shape index (κ2) is 61.4. The van der Waals surface area contributed by atoms with Crippen LogP contribution in [0.15, 0.2) is 0 Å². The molecule has 71 heavy (non-hydrogen) atoms. The van der Waals surface area contributed by atoms with Gasteiger partial charge in [-0.15, -0.1) is 0 Å². The maximum Gasteiger partial charge on any atom is 0.305 e. The Kier molecular flexibility index (Phi) is 60.4. The summed E-state index contributed by atoms with van der Waals surface area (Å²) in [5, 5.41) is 23.3. The van der Waals surface area contributed by atoms with Crippen LogP contribution in [0.3, 0.4) is 0 Å². The molecule has 0 radical (unpaired) electrons. The summed E-state index contributed by atoms with van der Waals surface area (Å²) in [6.07, 6.45) is 72.7. The number of aliphatic hydroxyl groups excluding tert-OH is 2. The maximum absolute atomic E-state index is 12.5. The van der Waals surface area contributed by atoms with Crippen molar-refractivity contribution in [2.24, 2.45) is 0 Å². The molecule has 0 saturated carbocycles. The Labute approximate surface area is 445 Å². The van der Waals surface area contributed by atoms with Crippen molar-refractivity contribution in [1.29, 1.82) is 0 Å². The van der Waals surface area contributed by atoms with E-state index >= 15 is 0 Å². The summed E-state index contributed by atoms with van der Waals surface area (Å²) in [7, 11) is 0. The van der Waals surface area contributed by atoms with Gasteiger partial charge in [0, 0.05) is 12.8 Å². The predicted molar refractivity (Wildman–Crippen MR) is 310 cm³/mol. The van der Waals surface area contributed by atoms with Gasteiger partial charge in [0.2, 0.25) is 5.91 Å². The van der Waals surface area contributed by atoms with Crippen molar-refractivity contribution >= 4 is 11.9 Å². The molecule has 0 heterocycles. The summed E-state index contributed by atoms with van der Waals surface area (Å²) in [4.78, 5) is 24.6. The van der Waals surface area contributed by atoms with Gasteiger partial charge in [0.1, 0.15) is 0 Å². The van der Waals surface area contributed by atoms with E-state index < -0.39 is 12.1 Å². The minimum Gasteiger partial charge on any atom is -0.466 e. The summed E-state index contributed by atoms with van der Waals surface area (Å²) in [5.74, 6) is -0.0149. The number of carbonyl (C=O) groups excluding carboxylic acids is 2. The highest BCUT2D eigenvalue weighted by Crippen LogP contribution is 2.19. The van der Waals surface area contributed by atoms with Crippen molar-refractivity contribution < 1.29 is 24.5 Å². The predicted octanol–water partition coefficient (Wildman–Crippen LogP) is 20.6. The Bertz CT molecular complexity index is 1020. The second-order valence-electron chi connectivity index (χ2n) is 22.8. The van der Waals surface area contributed by atoms with E-state index in [1.165, 1.54) is 308 Å². The van der Waals surface area contributed by atoms with Crippen LogP contribution in [0.25, 0.3) is 0 Å². The third-order valence-corrected chi connectivity index (χ3v) is 15.7. The number of amides is 1. The van der Waals surface area contributed by atoms with Crippen molar-refractivity contribution in [3.05, 3.63) is 0 Å². The molecule has 3 N–H and O–H groups in total. The summed E-state index contributed by atoms with van der Waals surface area (Å²) >= 11 is 0. The second-order valence-corrected chi connectivity index (χ2v) is 22.8. The Morgan fingerprint density at radius 2 is 0.577 bits per heavy atom. The highest BCUT2D eigenvalue weighted by molar-refractivity contribution is 5.76. The van der Waals surface area contributed by atoms with Crippen LogP contribution in [-0.2, 0) is 14.3 Å². The largest absolute Gasteiger partial charge is 0.466 e. The third kappa shape index (κ3) is 58.0. The standard InChI is InChI=1S/C65H129NO5/c1-3-5-7-9-11-13-15-17-19-20-24-28-31-35-39-43-47-51-55-59-65(70)71-60-56-52-48-44-40-36-32-29-26-23-21-22-25-27-30-34-38-42-46-50-54-58-64(69)66-62(61-67)63(68)57-53-49-45-41-37-33-18-16-14-12-10-8-6-4-2/h62-63,67-68H,3-61H2,1-2H3,(H,66,69). The van der Waals surface area contributed by atoms with Crippen LogP contribution in [0.5, 0.6) is 0 Å². The molecule has 0 aliphatic rings. The Morgan fingerprint density at radius 1 is 0.338 bits per heavy atom. The fourth-order valence-electron chi connectivity index (χ4n) is 10.6. The number of ether oxygens (including phenoxy) is 1. The summed E-state index contributed by atoms with van der Waals surface area (Å²) in [5.41, 5.74) is 0. The van der Waals surface area contributed by atoms with Crippen molar-refractivity contribution in [2.75, 3.05) is 13.2 Å². The van der Waals surface area contributed by atoms with E-state index in [-0.39, 0.29) is 18.5 Å². The number of hydrogen-bond acceptors (Lipinski definition) is 5. The molecule has 0 aromatic carbocycles. The number of esters is 1. The average molecular weight is 1000 g/mol. The molecule has 6 nitrogen and oxygen atoms in total. The first-order valence-corrected chi connectivity index (χ1v) is 32.8. The molecular weight excluding hydrogens is 875 g/mol. The van der Waals surface area contributed by atoms with Gasteiger partial charge < -0.3 is 20.3 Å². The highest BCUT2D eigenvalue weighted by Gasteiger charge is 2.20. The first kappa shape index (κ1) is 69.9. The van der Waals surface area contributed by atoms with E-state index in [0.29, 0.717) is 25.9 Å². The molecule has 0 spiro atoms. The van der Waals surface area contributed by atoms with Crippen LogP contribution in [0.4, 0.5) is 0 Å². The first-order valence-electron chi connectivity index (χ1n) is 32.8. The molecule has 0 aromatic heterocycles. The topological polar surface area (TPSA) is 95.9 Å². The molecule has 6 heteroatoms.